The second kappa shape index (κ2) is 77.4. The summed E-state index contributed by atoms with van der Waals surface area (Å²) < 4.78 is 68.8. The van der Waals surface area contributed by atoms with Crippen LogP contribution < -0.4 is 0 Å². The van der Waals surface area contributed by atoms with Crippen LogP contribution >= 0.6 is 15.6 Å². The zero-order valence-electron chi connectivity index (χ0n) is 69.0. The van der Waals surface area contributed by atoms with Crippen LogP contribution in [0.5, 0.6) is 0 Å². The fourth-order valence-electron chi connectivity index (χ4n) is 13.4. The van der Waals surface area contributed by atoms with Crippen molar-refractivity contribution in [3.63, 3.8) is 0 Å². The first-order valence-corrected chi connectivity index (χ1v) is 47.5. The van der Waals surface area contributed by atoms with Crippen LogP contribution in [0.3, 0.4) is 0 Å². The van der Waals surface area contributed by atoms with Gasteiger partial charge in [0.25, 0.3) is 0 Å². The molecule has 0 bridgehead atoms. The minimum atomic E-state index is -4.97. The first-order chi connectivity index (χ1) is 50.9. The van der Waals surface area contributed by atoms with Gasteiger partial charge in [0.2, 0.25) is 0 Å². The molecule has 0 aliphatic carbocycles. The highest BCUT2D eigenvalue weighted by atomic mass is 31.2. The second-order valence-electron chi connectivity index (χ2n) is 31.9. The van der Waals surface area contributed by atoms with E-state index < -0.39 is 97.5 Å². The van der Waals surface area contributed by atoms with Crippen LogP contribution in [-0.4, -0.2) is 96.7 Å². The molecule has 0 aromatic heterocycles. The zero-order valence-corrected chi connectivity index (χ0v) is 70.8. The SMILES string of the molecule is CCCCCCCCCCCCCCCCCCCCCCCC(=O)OC[C@H](COP(=O)(O)OC[C@@H](O)COP(=O)(O)OC[C@@H](COC(=O)CCCCCCCCCCC)OC(=O)CCCCCCCCCCCCCC(C)C)OC(=O)CCCCCCCCCCCCCCCCCCCCC(C)C. The molecule has 0 saturated carbocycles. The molecule has 624 valence electrons. The Balaban J connectivity index is 5.19. The van der Waals surface area contributed by atoms with Crippen molar-refractivity contribution >= 4 is 39.5 Å². The number of hydrogen-bond donors (Lipinski definition) is 3. The number of rotatable bonds is 85. The predicted octanol–water partition coefficient (Wildman–Crippen LogP) is 26.2. The molecule has 0 aromatic rings. The van der Waals surface area contributed by atoms with Gasteiger partial charge >= 0.3 is 39.5 Å². The maximum absolute atomic E-state index is 13.1. The molecular formula is C86H168O17P2. The summed E-state index contributed by atoms with van der Waals surface area (Å²) in [7, 11) is -9.92. The summed E-state index contributed by atoms with van der Waals surface area (Å²) >= 11 is 0. The molecule has 105 heavy (non-hydrogen) atoms. The molecular weight excluding hydrogens is 1370 g/mol. The quantitative estimate of drug-likeness (QED) is 0.0222. The molecule has 17 nitrogen and oxygen atoms in total. The first kappa shape index (κ1) is 103. The molecule has 5 atom stereocenters. The van der Waals surface area contributed by atoms with Crippen LogP contribution in [0.2, 0.25) is 0 Å². The van der Waals surface area contributed by atoms with Gasteiger partial charge in [-0.3, -0.25) is 37.3 Å². The first-order valence-electron chi connectivity index (χ1n) is 44.5. The lowest BCUT2D eigenvalue weighted by molar-refractivity contribution is -0.161. The number of phosphoric ester groups is 2. The number of phosphoric acid groups is 2. The van der Waals surface area contributed by atoms with E-state index in [0.29, 0.717) is 25.7 Å². The summed E-state index contributed by atoms with van der Waals surface area (Å²) in [6, 6.07) is 0. The minimum Gasteiger partial charge on any atom is -0.462 e. The summed E-state index contributed by atoms with van der Waals surface area (Å²) in [5, 5.41) is 10.7. The number of esters is 4. The van der Waals surface area contributed by atoms with Crippen LogP contribution in [0, 0.1) is 11.8 Å². The third kappa shape index (κ3) is 79.9. The Labute approximate surface area is 645 Å². The molecule has 0 aromatic carbocycles. The minimum absolute atomic E-state index is 0.107. The van der Waals surface area contributed by atoms with E-state index in [9.17, 15) is 43.2 Å². The number of aliphatic hydroxyl groups excluding tert-OH is 1. The molecule has 2 unspecified atom stereocenters. The molecule has 0 amide bonds. The van der Waals surface area contributed by atoms with Crippen molar-refractivity contribution in [3.05, 3.63) is 0 Å². The molecule has 3 N–H and O–H groups in total. The van der Waals surface area contributed by atoms with E-state index in [0.717, 1.165) is 102 Å². The van der Waals surface area contributed by atoms with Gasteiger partial charge in [-0.25, -0.2) is 9.13 Å². The fourth-order valence-corrected chi connectivity index (χ4v) is 15.0. The Bertz CT molecular complexity index is 2010. The maximum Gasteiger partial charge on any atom is 0.472 e. The molecule has 0 radical (unpaired) electrons. The Morgan fingerprint density at radius 3 is 0.648 bits per heavy atom. The number of unbranched alkanes of at least 4 members (excludes halogenated alkanes) is 55. The largest absolute Gasteiger partial charge is 0.472 e. The summed E-state index contributed by atoms with van der Waals surface area (Å²) in [4.78, 5) is 73.1. The predicted molar refractivity (Wildman–Crippen MR) is 432 cm³/mol. The Morgan fingerprint density at radius 2 is 0.438 bits per heavy atom. The Hall–Kier alpha value is -1.94. The van der Waals surface area contributed by atoms with Crippen molar-refractivity contribution in [3.8, 4) is 0 Å². The number of ether oxygens (including phenoxy) is 4. The fraction of sp³-hybridized carbons (Fsp3) is 0.953. The van der Waals surface area contributed by atoms with Gasteiger partial charge in [-0.2, -0.15) is 0 Å². The zero-order chi connectivity index (χ0) is 77.1. The van der Waals surface area contributed by atoms with Crippen molar-refractivity contribution in [2.24, 2.45) is 11.8 Å². The van der Waals surface area contributed by atoms with Gasteiger partial charge in [-0.05, 0) is 37.5 Å². The van der Waals surface area contributed by atoms with Crippen molar-refractivity contribution in [2.45, 2.75) is 477 Å². The Kier molecular flexibility index (Phi) is 76.0. The average molecular weight is 1540 g/mol. The lowest BCUT2D eigenvalue weighted by Crippen LogP contribution is -2.30. The lowest BCUT2D eigenvalue weighted by Gasteiger charge is -2.21. The molecule has 0 aliphatic rings. The van der Waals surface area contributed by atoms with Crippen LogP contribution in [0.1, 0.15) is 459 Å². The molecule has 0 heterocycles. The van der Waals surface area contributed by atoms with Gasteiger partial charge < -0.3 is 33.8 Å². The molecule has 19 heteroatoms. The van der Waals surface area contributed by atoms with Gasteiger partial charge in [-0.1, -0.05) is 408 Å². The topological polar surface area (TPSA) is 237 Å². The van der Waals surface area contributed by atoms with Crippen molar-refractivity contribution < 1.29 is 80.2 Å². The lowest BCUT2D eigenvalue weighted by atomic mass is 10.0. The number of aliphatic hydroxyl groups is 1. The number of carbonyl (C=O) groups excluding carboxylic acids is 4. The van der Waals surface area contributed by atoms with Crippen molar-refractivity contribution in [2.75, 3.05) is 39.6 Å². The maximum atomic E-state index is 13.1. The third-order valence-electron chi connectivity index (χ3n) is 20.2. The molecule has 0 rings (SSSR count). The van der Waals surface area contributed by atoms with E-state index in [-0.39, 0.29) is 25.7 Å². The average Bonchev–Trinajstić information content (AvgIpc) is 0.908. The molecule has 0 spiro atoms. The van der Waals surface area contributed by atoms with Crippen LogP contribution in [0.15, 0.2) is 0 Å². The van der Waals surface area contributed by atoms with Gasteiger partial charge in [0.05, 0.1) is 26.4 Å². The molecule has 0 fully saturated rings. The van der Waals surface area contributed by atoms with Crippen molar-refractivity contribution in [1.82, 2.24) is 0 Å². The summed E-state index contributed by atoms with van der Waals surface area (Å²) in [5.74, 6) is -0.519. The third-order valence-corrected chi connectivity index (χ3v) is 22.1. The highest BCUT2D eigenvalue weighted by Crippen LogP contribution is 2.45. The Morgan fingerprint density at radius 1 is 0.257 bits per heavy atom. The van der Waals surface area contributed by atoms with Gasteiger partial charge in [0.15, 0.2) is 12.2 Å². The van der Waals surface area contributed by atoms with Crippen LogP contribution in [-0.2, 0) is 65.4 Å². The highest BCUT2D eigenvalue weighted by molar-refractivity contribution is 7.47. The van der Waals surface area contributed by atoms with E-state index in [1.165, 1.54) is 276 Å². The van der Waals surface area contributed by atoms with Crippen LogP contribution in [0.4, 0.5) is 0 Å². The van der Waals surface area contributed by atoms with Gasteiger partial charge in [0.1, 0.15) is 19.3 Å². The van der Waals surface area contributed by atoms with Crippen molar-refractivity contribution in [1.29, 1.82) is 0 Å². The van der Waals surface area contributed by atoms with E-state index in [1.54, 1.807) is 0 Å². The van der Waals surface area contributed by atoms with E-state index in [1.807, 2.05) is 0 Å². The summed E-state index contributed by atoms with van der Waals surface area (Å²) in [6.45, 7) is 9.68. The van der Waals surface area contributed by atoms with E-state index in [2.05, 4.69) is 41.5 Å². The second-order valence-corrected chi connectivity index (χ2v) is 34.8. The highest BCUT2D eigenvalue weighted by Gasteiger charge is 2.30. The summed E-state index contributed by atoms with van der Waals surface area (Å²) in [6.07, 6.45) is 69.6. The summed E-state index contributed by atoms with van der Waals surface area (Å²) in [5.41, 5.74) is 0. The number of carbonyl (C=O) groups is 4. The van der Waals surface area contributed by atoms with Crippen LogP contribution in [0.25, 0.3) is 0 Å². The smallest absolute Gasteiger partial charge is 0.462 e. The molecule has 0 aliphatic heterocycles. The van der Waals surface area contributed by atoms with Gasteiger partial charge in [-0.15, -0.1) is 0 Å². The monoisotopic (exact) mass is 1540 g/mol. The normalized spacial score (nSPS) is 13.8. The molecule has 0 saturated heterocycles. The van der Waals surface area contributed by atoms with Gasteiger partial charge in [0, 0.05) is 25.7 Å². The number of hydrogen-bond acceptors (Lipinski definition) is 15. The standard InChI is InChI=1S/C86H168O17P2/c1-7-9-11-13-15-17-18-19-20-21-22-23-24-28-31-34-39-45-51-57-63-69-84(89)97-75-82(103-85(90)70-64-58-52-46-40-35-32-29-26-25-27-30-33-37-43-48-54-60-66-78(3)4)77-101-105(94,95)99-73-80(87)72-98-104(92,93)100-76-81(74-96-83(88)68-62-56-50-42-16-14-12-10-8-2)102-86(91)71-65-59-53-47-41-36-38-44-49-55-61-67-79(5)6/h78-82,87H,7-77H2,1-6H3,(H,92,93)(H,94,95)/t80-,81+,82+/m0/s1. The van der Waals surface area contributed by atoms with E-state index >= 15 is 0 Å². The van der Waals surface area contributed by atoms with E-state index in [4.69, 9.17) is 37.0 Å².